The third kappa shape index (κ3) is 3.01. The zero-order valence-corrected chi connectivity index (χ0v) is 12.0. The first-order valence-corrected chi connectivity index (χ1v) is 7.11. The highest BCUT2D eigenvalue weighted by molar-refractivity contribution is 5.76. The normalized spacial score (nSPS) is 30.9. The summed E-state index contributed by atoms with van der Waals surface area (Å²) >= 11 is 0. The Labute approximate surface area is 114 Å². The third-order valence-corrected chi connectivity index (χ3v) is 4.70. The van der Waals surface area contributed by atoms with Gasteiger partial charge in [0.15, 0.2) is 0 Å². The average molecular weight is 268 g/mol. The number of aliphatic carboxylic acids is 1. The van der Waals surface area contributed by atoms with Crippen LogP contribution in [0.4, 0.5) is 4.79 Å². The summed E-state index contributed by atoms with van der Waals surface area (Å²) < 4.78 is 0. The highest BCUT2D eigenvalue weighted by Gasteiger charge is 2.41. The number of piperidine rings is 1. The minimum Gasteiger partial charge on any atom is -0.481 e. The zero-order chi connectivity index (χ0) is 14.2. The molecule has 0 aromatic rings. The molecule has 0 aromatic carbocycles. The second-order valence-corrected chi connectivity index (χ2v) is 6.58. The molecule has 19 heavy (non-hydrogen) atoms. The molecular formula is C14H24N2O3. The van der Waals surface area contributed by atoms with Crippen molar-refractivity contribution in [3.8, 4) is 0 Å². The monoisotopic (exact) mass is 268 g/mol. The van der Waals surface area contributed by atoms with Gasteiger partial charge in [0, 0.05) is 19.1 Å². The largest absolute Gasteiger partial charge is 0.481 e. The fourth-order valence-electron chi connectivity index (χ4n) is 2.70. The molecule has 2 rings (SSSR count). The van der Waals surface area contributed by atoms with Crippen LogP contribution in [0.3, 0.4) is 0 Å². The molecule has 0 bridgehead atoms. The number of carbonyl (C=O) groups is 2. The molecule has 1 saturated carbocycles. The van der Waals surface area contributed by atoms with Gasteiger partial charge >= 0.3 is 12.0 Å². The van der Waals surface area contributed by atoms with E-state index in [0.29, 0.717) is 18.5 Å². The number of nitrogens with one attached hydrogen (secondary N) is 1. The van der Waals surface area contributed by atoms with Gasteiger partial charge in [-0.05, 0) is 44.9 Å². The lowest BCUT2D eigenvalue weighted by molar-refractivity contribution is -0.151. The lowest BCUT2D eigenvalue weighted by Crippen LogP contribution is -2.50. The lowest BCUT2D eigenvalue weighted by atomic mass is 9.74. The minimum atomic E-state index is -0.782. The Morgan fingerprint density at radius 1 is 1.37 bits per heavy atom. The number of amides is 2. The fourth-order valence-corrected chi connectivity index (χ4v) is 2.70. The van der Waals surface area contributed by atoms with Crippen molar-refractivity contribution in [1.29, 1.82) is 0 Å². The maximum absolute atomic E-state index is 12.1. The summed E-state index contributed by atoms with van der Waals surface area (Å²) in [7, 11) is 0. The van der Waals surface area contributed by atoms with Crippen molar-refractivity contribution < 1.29 is 14.7 Å². The molecule has 2 N–H and O–H groups in total. The Kier molecular flexibility index (Phi) is 3.74. The SMILES string of the molecule is CC1CC1NC(=O)N1CCCC(C(C)(C)C(=O)O)C1. The number of nitrogens with zero attached hydrogens (tertiary/aromatic N) is 1. The van der Waals surface area contributed by atoms with Gasteiger partial charge in [0.1, 0.15) is 0 Å². The molecule has 3 unspecified atom stereocenters. The van der Waals surface area contributed by atoms with Gasteiger partial charge in [0.05, 0.1) is 5.41 Å². The Bertz CT molecular complexity index is 381. The van der Waals surface area contributed by atoms with Crippen LogP contribution >= 0.6 is 0 Å². The molecule has 1 aliphatic carbocycles. The third-order valence-electron chi connectivity index (χ3n) is 4.70. The van der Waals surface area contributed by atoms with E-state index in [1.54, 1.807) is 18.7 Å². The molecule has 108 valence electrons. The van der Waals surface area contributed by atoms with Crippen molar-refractivity contribution in [2.24, 2.45) is 17.3 Å². The van der Waals surface area contributed by atoms with E-state index in [4.69, 9.17) is 0 Å². The van der Waals surface area contributed by atoms with Crippen LogP contribution in [0.15, 0.2) is 0 Å². The van der Waals surface area contributed by atoms with Gasteiger partial charge in [0.2, 0.25) is 0 Å². The lowest BCUT2D eigenvalue weighted by Gasteiger charge is -2.39. The summed E-state index contributed by atoms with van der Waals surface area (Å²) in [5.74, 6) is -0.170. The van der Waals surface area contributed by atoms with Gasteiger partial charge in [-0.1, -0.05) is 6.92 Å². The number of hydrogen-bond acceptors (Lipinski definition) is 2. The topological polar surface area (TPSA) is 69.6 Å². The summed E-state index contributed by atoms with van der Waals surface area (Å²) in [5.41, 5.74) is -0.772. The molecule has 1 heterocycles. The summed E-state index contributed by atoms with van der Waals surface area (Å²) in [6.45, 7) is 6.91. The number of likely N-dealkylation sites (tertiary alicyclic amines) is 1. The molecule has 3 atom stereocenters. The second kappa shape index (κ2) is 5.02. The van der Waals surface area contributed by atoms with Gasteiger partial charge in [-0.2, -0.15) is 0 Å². The van der Waals surface area contributed by atoms with Crippen LogP contribution in [-0.2, 0) is 4.79 Å². The predicted octanol–water partition coefficient (Wildman–Crippen LogP) is 1.93. The van der Waals surface area contributed by atoms with E-state index in [-0.39, 0.29) is 11.9 Å². The van der Waals surface area contributed by atoms with E-state index in [1.165, 1.54) is 0 Å². The van der Waals surface area contributed by atoms with Crippen LogP contribution < -0.4 is 5.32 Å². The summed E-state index contributed by atoms with van der Waals surface area (Å²) in [4.78, 5) is 25.2. The number of carboxylic acids is 1. The van der Waals surface area contributed by atoms with Crippen molar-refractivity contribution in [1.82, 2.24) is 10.2 Å². The Morgan fingerprint density at radius 2 is 2.00 bits per heavy atom. The van der Waals surface area contributed by atoms with Crippen molar-refractivity contribution in [3.63, 3.8) is 0 Å². The Hall–Kier alpha value is -1.26. The number of carbonyl (C=O) groups excluding carboxylic acids is 1. The van der Waals surface area contributed by atoms with Crippen LogP contribution in [0.5, 0.6) is 0 Å². The summed E-state index contributed by atoms with van der Waals surface area (Å²) in [5, 5.41) is 12.3. The summed E-state index contributed by atoms with van der Waals surface area (Å²) in [6.07, 6.45) is 2.82. The molecule has 1 aliphatic heterocycles. The standard InChI is InChI=1S/C14H24N2O3/c1-9-7-11(9)15-13(19)16-6-4-5-10(8-16)14(2,3)12(17)18/h9-11H,4-8H2,1-3H3,(H,15,19)(H,17,18). The molecule has 0 spiro atoms. The van der Waals surface area contributed by atoms with E-state index >= 15 is 0 Å². The molecular weight excluding hydrogens is 244 g/mol. The van der Waals surface area contributed by atoms with Crippen LogP contribution in [0.2, 0.25) is 0 Å². The van der Waals surface area contributed by atoms with Gasteiger partial charge in [-0.15, -0.1) is 0 Å². The Morgan fingerprint density at radius 3 is 2.53 bits per heavy atom. The van der Waals surface area contributed by atoms with Crippen LogP contribution in [-0.4, -0.2) is 41.1 Å². The fraction of sp³-hybridized carbons (Fsp3) is 0.857. The van der Waals surface area contributed by atoms with Crippen molar-refractivity contribution in [2.75, 3.05) is 13.1 Å². The number of hydrogen-bond donors (Lipinski definition) is 2. The van der Waals surface area contributed by atoms with E-state index in [0.717, 1.165) is 25.8 Å². The molecule has 5 heteroatoms. The van der Waals surface area contributed by atoms with E-state index in [9.17, 15) is 14.7 Å². The smallest absolute Gasteiger partial charge is 0.317 e. The van der Waals surface area contributed by atoms with Crippen LogP contribution in [0, 0.1) is 17.3 Å². The molecule has 2 aliphatic rings. The van der Waals surface area contributed by atoms with Crippen LogP contribution in [0.25, 0.3) is 0 Å². The molecule has 0 radical (unpaired) electrons. The van der Waals surface area contributed by atoms with Gasteiger partial charge in [0.25, 0.3) is 0 Å². The Balaban J connectivity index is 1.93. The minimum absolute atomic E-state index is 0.0276. The zero-order valence-electron chi connectivity index (χ0n) is 12.0. The molecule has 0 aromatic heterocycles. The van der Waals surface area contributed by atoms with Crippen molar-refractivity contribution in [2.45, 2.75) is 46.1 Å². The van der Waals surface area contributed by atoms with Gasteiger partial charge < -0.3 is 15.3 Å². The first-order chi connectivity index (χ1) is 8.82. The maximum Gasteiger partial charge on any atom is 0.317 e. The number of rotatable bonds is 3. The van der Waals surface area contributed by atoms with E-state index in [2.05, 4.69) is 12.2 Å². The predicted molar refractivity (Wildman–Crippen MR) is 71.8 cm³/mol. The highest BCUT2D eigenvalue weighted by Crippen LogP contribution is 2.34. The molecule has 1 saturated heterocycles. The first-order valence-electron chi connectivity index (χ1n) is 7.11. The first kappa shape index (κ1) is 14.2. The quantitative estimate of drug-likeness (QED) is 0.821. The van der Waals surface area contributed by atoms with Crippen LogP contribution in [0.1, 0.15) is 40.0 Å². The number of urea groups is 1. The van der Waals surface area contributed by atoms with E-state index in [1.807, 2.05) is 0 Å². The maximum atomic E-state index is 12.1. The number of carboxylic acid groups (broad SMARTS) is 1. The van der Waals surface area contributed by atoms with Gasteiger partial charge in [-0.3, -0.25) is 4.79 Å². The highest BCUT2D eigenvalue weighted by atomic mass is 16.4. The van der Waals surface area contributed by atoms with E-state index < -0.39 is 11.4 Å². The molecule has 2 amide bonds. The average Bonchev–Trinajstić information content (AvgIpc) is 3.04. The summed E-state index contributed by atoms with van der Waals surface area (Å²) in [6, 6.07) is 0.292. The van der Waals surface area contributed by atoms with Gasteiger partial charge in [-0.25, -0.2) is 4.79 Å². The van der Waals surface area contributed by atoms with Crippen molar-refractivity contribution in [3.05, 3.63) is 0 Å². The van der Waals surface area contributed by atoms with Crippen molar-refractivity contribution >= 4 is 12.0 Å². The second-order valence-electron chi connectivity index (χ2n) is 6.58. The molecule has 2 fully saturated rings. The molecule has 5 nitrogen and oxygen atoms in total.